The van der Waals surface area contributed by atoms with E-state index in [-0.39, 0.29) is 5.75 Å². The van der Waals surface area contributed by atoms with E-state index in [0.717, 1.165) is 12.3 Å². The monoisotopic (exact) mass is 156 g/mol. The number of alkyl halides is 1. The zero-order valence-electron chi connectivity index (χ0n) is 4.86. The maximum absolute atomic E-state index is 8.57. The van der Waals surface area contributed by atoms with Crippen LogP contribution in [-0.2, 0) is 4.79 Å². The average Bonchev–Trinajstić information content (AvgIpc) is 1.71. The van der Waals surface area contributed by atoms with E-state index in [4.69, 9.17) is 16.4 Å². The molecule has 0 aliphatic rings. The van der Waals surface area contributed by atoms with Crippen LogP contribution in [0.15, 0.2) is 0 Å². The van der Waals surface area contributed by atoms with Crippen LogP contribution in [0.3, 0.4) is 0 Å². The van der Waals surface area contributed by atoms with Crippen molar-refractivity contribution in [3.8, 4) is 0 Å². The molecule has 1 nitrogen and oxygen atoms in total. The summed E-state index contributed by atoms with van der Waals surface area (Å²) in [5.41, 5.74) is 0. The molecule has 0 saturated carbocycles. The predicted molar refractivity (Wildman–Crippen MR) is 38.2 cm³/mol. The van der Waals surface area contributed by atoms with Crippen LogP contribution in [-0.4, -0.2) is 11.6 Å². The fourth-order valence-electron chi connectivity index (χ4n) is 0.134. The van der Waals surface area contributed by atoms with Crippen molar-refractivity contribution in [3.63, 3.8) is 0 Å². The van der Waals surface area contributed by atoms with Crippen molar-refractivity contribution < 1.29 is 4.79 Å². The van der Waals surface area contributed by atoms with E-state index in [2.05, 4.69) is 18.5 Å². The molecular formula is C5H10Cl2O. The third-order valence-corrected chi connectivity index (χ3v) is 0.754. The quantitative estimate of drug-likeness (QED) is 0.341. The zero-order valence-corrected chi connectivity index (χ0v) is 6.37. The number of carbonyl (C=O) groups is 1. The van der Waals surface area contributed by atoms with E-state index in [0.29, 0.717) is 0 Å². The number of carbonyl (C=O) groups excluding carboxylic acids is 1. The fourth-order valence-corrected chi connectivity index (χ4v) is 0.401. The Balaban J connectivity index is 0. The molecule has 0 rings (SSSR count). The molecule has 0 radical (unpaired) electrons. The summed E-state index contributed by atoms with van der Waals surface area (Å²) < 4.78 is 0. The Kier molecular flexibility index (Phi) is 21.8. The van der Waals surface area contributed by atoms with E-state index in [9.17, 15) is 0 Å². The Morgan fingerprint density at radius 1 is 1.62 bits per heavy atom. The maximum atomic E-state index is 8.57. The second kappa shape index (κ2) is 15.7. The van der Waals surface area contributed by atoms with Crippen molar-refractivity contribution in [2.75, 3.05) is 5.88 Å². The molecule has 0 heterocycles. The molecule has 3 heteroatoms. The molecule has 0 bridgehead atoms. The summed E-state index contributed by atoms with van der Waals surface area (Å²) in [6.45, 7) is 2.13. The number of halogens is 2. The lowest BCUT2D eigenvalue weighted by molar-refractivity contribution is 0.569. The summed E-state index contributed by atoms with van der Waals surface area (Å²) >= 11 is 9.62. The number of rotatable bonds is 2. The van der Waals surface area contributed by atoms with Gasteiger partial charge in [0.1, 0.15) is 0 Å². The molecule has 8 heavy (non-hydrogen) atoms. The van der Waals surface area contributed by atoms with Crippen LogP contribution < -0.4 is 0 Å². The molecule has 0 atom stereocenters. The molecule has 0 aromatic carbocycles. The normalized spacial score (nSPS) is 6.88. The van der Waals surface area contributed by atoms with Gasteiger partial charge in [0.25, 0.3) is 0 Å². The number of hydrogen-bond acceptors (Lipinski definition) is 1. The highest BCUT2D eigenvalue weighted by Gasteiger charge is 1.70. The van der Waals surface area contributed by atoms with Crippen molar-refractivity contribution in [2.45, 2.75) is 19.8 Å². The molecule has 0 aromatic rings. The first-order chi connectivity index (χ1) is 3.83. The molecule has 0 aliphatic heterocycles. The van der Waals surface area contributed by atoms with Crippen LogP contribution in [0.1, 0.15) is 19.8 Å². The minimum Gasteiger partial charge on any atom is -0.285 e. The molecule has 0 unspecified atom stereocenters. The van der Waals surface area contributed by atoms with E-state index < -0.39 is 0 Å². The van der Waals surface area contributed by atoms with Gasteiger partial charge in [-0.3, -0.25) is 4.79 Å². The molecule has 50 valence electrons. The second-order valence-electron chi connectivity index (χ2n) is 1.13. The van der Waals surface area contributed by atoms with Gasteiger partial charge < -0.3 is 0 Å². The van der Waals surface area contributed by atoms with Gasteiger partial charge in [-0.05, 0) is 18.0 Å². The minimum atomic E-state index is 0.222. The SMILES string of the molecule is CCCCCl.O=CCl. The first kappa shape index (κ1) is 11.1. The van der Waals surface area contributed by atoms with Gasteiger partial charge in [0.15, 0.2) is 0 Å². The molecule has 0 fully saturated rings. The van der Waals surface area contributed by atoms with Gasteiger partial charge >= 0.3 is 0 Å². The Bertz CT molecular complexity index is 37.4. The van der Waals surface area contributed by atoms with E-state index >= 15 is 0 Å². The van der Waals surface area contributed by atoms with Gasteiger partial charge in [-0.2, -0.15) is 0 Å². The molecule has 0 aromatic heterocycles. The van der Waals surface area contributed by atoms with E-state index in [1.807, 2.05) is 0 Å². The maximum Gasteiger partial charge on any atom is 0.208 e. The average molecular weight is 157 g/mol. The predicted octanol–water partition coefficient (Wildman–Crippen LogP) is 2.44. The largest absolute Gasteiger partial charge is 0.285 e. The molecule has 0 spiro atoms. The Morgan fingerprint density at radius 3 is 2.00 bits per heavy atom. The van der Waals surface area contributed by atoms with E-state index in [1.165, 1.54) is 6.42 Å². The zero-order chi connectivity index (χ0) is 6.83. The number of hydrogen-bond donors (Lipinski definition) is 0. The standard InChI is InChI=1S/C4H9Cl.CHClO/c1-2-3-4-5;2-1-3/h2-4H2,1H3;1H. The van der Waals surface area contributed by atoms with Gasteiger partial charge in [0.05, 0.1) is 0 Å². The van der Waals surface area contributed by atoms with Crippen LogP contribution >= 0.6 is 23.2 Å². The third-order valence-electron chi connectivity index (χ3n) is 0.487. The van der Waals surface area contributed by atoms with Gasteiger partial charge in [-0.1, -0.05) is 13.3 Å². The Hall–Kier alpha value is 0.250. The number of unbranched alkanes of at least 4 members (excludes halogenated alkanes) is 1. The Morgan fingerprint density at radius 2 is 2.00 bits per heavy atom. The summed E-state index contributed by atoms with van der Waals surface area (Å²) in [7, 11) is 0. The minimum absolute atomic E-state index is 0.222. The summed E-state index contributed by atoms with van der Waals surface area (Å²) in [5, 5.41) is 0. The highest BCUT2D eigenvalue weighted by atomic mass is 35.5. The van der Waals surface area contributed by atoms with Gasteiger partial charge in [-0.25, -0.2) is 0 Å². The second-order valence-corrected chi connectivity index (χ2v) is 1.69. The van der Waals surface area contributed by atoms with Crippen LogP contribution in [0.2, 0.25) is 0 Å². The van der Waals surface area contributed by atoms with Crippen molar-refractivity contribution >= 4 is 28.9 Å². The molecule has 0 saturated heterocycles. The van der Waals surface area contributed by atoms with Crippen LogP contribution in [0.5, 0.6) is 0 Å². The summed E-state index contributed by atoms with van der Waals surface area (Å²) in [6, 6.07) is 0. The van der Waals surface area contributed by atoms with Crippen molar-refractivity contribution in [1.82, 2.24) is 0 Å². The first-order valence-corrected chi connectivity index (χ1v) is 3.40. The summed E-state index contributed by atoms with van der Waals surface area (Å²) in [6.07, 6.45) is 2.37. The van der Waals surface area contributed by atoms with Crippen molar-refractivity contribution in [3.05, 3.63) is 0 Å². The van der Waals surface area contributed by atoms with Gasteiger partial charge in [0.2, 0.25) is 5.75 Å². The van der Waals surface area contributed by atoms with Crippen LogP contribution in [0, 0.1) is 0 Å². The van der Waals surface area contributed by atoms with Crippen LogP contribution in [0.4, 0.5) is 0 Å². The lowest BCUT2D eigenvalue weighted by atomic mass is 10.4. The van der Waals surface area contributed by atoms with Gasteiger partial charge in [-0.15, -0.1) is 11.6 Å². The van der Waals surface area contributed by atoms with E-state index in [1.54, 1.807) is 0 Å². The topological polar surface area (TPSA) is 17.1 Å². The molecule has 0 amide bonds. The molecule has 0 aliphatic carbocycles. The lowest BCUT2D eigenvalue weighted by Gasteiger charge is -1.77. The highest BCUT2D eigenvalue weighted by molar-refractivity contribution is 6.54. The highest BCUT2D eigenvalue weighted by Crippen LogP contribution is 1.86. The van der Waals surface area contributed by atoms with Crippen LogP contribution in [0.25, 0.3) is 0 Å². The fraction of sp³-hybridized carbons (Fsp3) is 0.800. The molecular weight excluding hydrogens is 147 g/mol. The smallest absolute Gasteiger partial charge is 0.208 e. The van der Waals surface area contributed by atoms with Crippen molar-refractivity contribution in [1.29, 1.82) is 0 Å². The first-order valence-electron chi connectivity index (χ1n) is 2.43. The molecule has 0 N–H and O–H groups in total. The third kappa shape index (κ3) is 34.0. The Labute approximate surface area is 60.0 Å². The summed E-state index contributed by atoms with van der Waals surface area (Å²) in [4.78, 5) is 8.57. The van der Waals surface area contributed by atoms with Crippen molar-refractivity contribution in [2.24, 2.45) is 0 Å². The lowest BCUT2D eigenvalue weighted by Crippen LogP contribution is -1.65. The van der Waals surface area contributed by atoms with Gasteiger partial charge in [0, 0.05) is 5.88 Å². The summed E-state index contributed by atoms with van der Waals surface area (Å²) in [5.74, 6) is 1.04.